The number of carbonyl (C=O) groups is 1. The van der Waals surface area contributed by atoms with Crippen LogP contribution >= 0.6 is 11.3 Å². The molecule has 27 heavy (non-hydrogen) atoms. The van der Waals surface area contributed by atoms with E-state index >= 15 is 0 Å². The third-order valence-electron chi connectivity index (χ3n) is 3.65. The SMILES string of the molecule is CCOC(=O)c1sc(C(C)NC(=NC)NCc2cccc(OC)n2)nc1C. The fourth-order valence-electron chi connectivity index (χ4n) is 2.29. The van der Waals surface area contributed by atoms with Crippen LogP contribution < -0.4 is 15.4 Å². The van der Waals surface area contributed by atoms with Crippen molar-refractivity contribution in [2.75, 3.05) is 20.8 Å². The van der Waals surface area contributed by atoms with Gasteiger partial charge in [-0.25, -0.2) is 14.8 Å². The summed E-state index contributed by atoms with van der Waals surface area (Å²) in [6.07, 6.45) is 0. The van der Waals surface area contributed by atoms with Crippen molar-refractivity contribution in [3.8, 4) is 5.88 Å². The smallest absolute Gasteiger partial charge is 0.350 e. The Hall–Kier alpha value is -2.68. The monoisotopic (exact) mass is 391 g/mol. The van der Waals surface area contributed by atoms with Gasteiger partial charge in [-0.05, 0) is 26.8 Å². The van der Waals surface area contributed by atoms with Crippen molar-refractivity contribution >= 4 is 23.3 Å². The largest absolute Gasteiger partial charge is 0.481 e. The summed E-state index contributed by atoms with van der Waals surface area (Å²) in [6.45, 7) is 6.39. The van der Waals surface area contributed by atoms with E-state index in [0.717, 1.165) is 10.7 Å². The number of aromatic nitrogens is 2. The number of esters is 1. The van der Waals surface area contributed by atoms with Gasteiger partial charge < -0.3 is 20.1 Å². The van der Waals surface area contributed by atoms with Gasteiger partial charge in [0.2, 0.25) is 5.88 Å². The number of hydrogen-bond acceptors (Lipinski definition) is 7. The molecule has 0 aliphatic rings. The number of guanidine groups is 1. The Morgan fingerprint density at radius 3 is 2.81 bits per heavy atom. The van der Waals surface area contributed by atoms with Crippen LogP contribution in [0, 0.1) is 6.92 Å². The summed E-state index contributed by atoms with van der Waals surface area (Å²) in [5, 5.41) is 7.27. The number of ether oxygens (including phenoxy) is 2. The Kier molecular flexibility index (Phi) is 7.54. The number of aliphatic imine (C=N–C) groups is 1. The maximum absolute atomic E-state index is 12.0. The Morgan fingerprint density at radius 2 is 2.15 bits per heavy atom. The Morgan fingerprint density at radius 1 is 1.37 bits per heavy atom. The summed E-state index contributed by atoms with van der Waals surface area (Å²) in [5.41, 5.74) is 1.50. The number of thiazole rings is 1. The molecule has 8 nitrogen and oxygen atoms in total. The number of rotatable bonds is 7. The van der Waals surface area contributed by atoms with E-state index in [2.05, 4.69) is 25.6 Å². The molecule has 0 aliphatic heterocycles. The molecule has 2 rings (SSSR count). The average Bonchev–Trinajstić information content (AvgIpc) is 3.07. The number of pyridine rings is 1. The Labute approximate surface area is 163 Å². The zero-order valence-electron chi connectivity index (χ0n) is 16.2. The maximum atomic E-state index is 12.0. The van der Waals surface area contributed by atoms with E-state index in [0.29, 0.717) is 35.6 Å². The van der Waals surface area contributed by atoms with Gasteiger partial charge in [-0.3, -0.25) is 4.99 Å². The molecule has 0 aliphatic carbocycles. The molecular weight excluding hydrogens is 366 g/mol. The molecule has 1 unspecified atom stereocenters. The molecule has 2 heterocycles. The first-order valence-corrected chi connectivity index (χ1v) is 9.41. The van der Waals surface area contributed by atoms with Crippen molar-refractivity contribution in [1.29, 1.82) is 0 Å². The van der Waals surface area contributed by atoms with Gasteiger partial charge in [0.05, 0.1) is 37.7 Å². The minimum absolute atomic E-state index is 0.124. The minimum Gasteiger partial charge on any atom is -0.481 e. The molecule has 9 heteroatoms. The van der Waals surface area contributed by atoms with Crippen LogP contribution in [0.5, 0.6) is 5.88 Å². The molecule has 0 bridgehead atoms. The van der Waals surface area contributed by atoms with E-state index < -0.39 is 0 Å². The first-order valence-electron chi connectivity index (χ1n) is 8.60. The van der Waals surface area contributed by atoms with Crippen LogP contribution in [-0.4, -0.2) is 42.7 Å². The van der Waals surface area contributed by atoms with Gasteiger partial charge in [-0.15, -0.1) is 11.3 Å². The van der Waals surface area contributed by atoms with Crippen molar-refractivity contribution in [2.45, 2.75) is 33.4 Å². The molecule has 2 N–H and O–H groups in total. The highest BCUT2D eigenvalue weighted by molar-refractivity contribution is 7.13. The summed E-state index contributed by atoms with van der Waals surface area (Å²) in [5.74, 6) is 0.839. The molecule has 1 atom stereocenters. The number of nitrogens with one attached hydrogen (secondary N) is 2. The molecule has 146 valence electrons. The van der Waals surface area contributed by atoms with Crippen LogP contribution in [0.25, 0.3) is 0 Å². The van der Waals surface area contributed by atoms with Crippen LogP contribution in [-0.2, 0) is 11.3 Å². The number of aryl methyl sites for hydroxylation is 1. The third kappa shape index (κ3) is 5.65. The second-order valence-corrected chi connectivity index (χ2v) is 6.68. The van der Waals surface area contributed by atoms with E-state index in [1.165, 1.54) is 11.3 Å². The zero-order chi connectivity index (χ0) is 19.8. The topological polar surface area (TPSA) is 97.7 Å². The van der Waals surface area contributed by atoms with Crippen molar-refractivity contribution in [3.63, 3.8) is 0 Å². The fourth-order valence-corrected chi connectivity index (χ4v) is 3.26. The lowest BCUT2D eigenvalue weighted by molar-refractivity contribution is 0.0531. The third-order valence-corrected chi connectivity index (χ3v) is 4.97. The Balaban J connectivity index is 1.99. The van der Waals surface area contributed by atoms with Crippen molar-refractivity contribution in [3.05, 3.63) is 39.5 Å². The second-order valence-electron chi connectivity index (χ2n) is 5.65. The molecule has 2 aromatic heterocycles. The number of methoxy groups -OCH3 is 1. The highest BCUT2D eigenvalue weighted by Gasteiger charge is 2.20. The Bertz CT molecular complexity index is 806. The molecule has 0 aromatic carbocycles. The standard InChI is InChI=1S/C18H25N5O3S/c1-6-26-17(24)15-11(2)21-16(27-15)12(3)22-18(19-4)20-10-13-8-7-9-14(23-13)25-5/h7-9,12H,6,10H2,1-5H3,(H2,19,20,22). The molecule has 0 fully saturated rings. The normalized spacial score (nSPS) is 12.4. The predicted octanol–water partition coefficient (Wildman–Crippen LogP) is 2.46. The number of carbonyl (C=O) groups excluding carboxylic acids is 1. The first kappa shape index (κ1) is 20.6. The van der Waals surface area contributed by atoms with E-state index in [-0.39, 0.29) is 12.0 Å². The van der Waals surface area contributed by atoms with Gasteiger partial charge in [0.1, 0.15) is 9.88 Å². The van der Waals surface area contributed by atoms with Gasteiger partial charge in [-0.2, -0.15) is 0 Å². The molecular formula is C18H25N5O3S. The minimum atomic E-state index is -0.336. The molecule has 0 saturated carbocycles. The average molecular weight is 391 g/mol. The predicted molar refractivity (Wildman–Crippen MR) is 105 cm³/mol. The van der Waals surface area contributed by atoms with E-state index in [4.69, 9.17) is 9.47 Å². The van der Waals surface area contributed by atoms with Crippen LogP contribution in [0.2, 0.25) is 0 Å². The summed E-state index contributed by atoms with van der Waals surface area (Å²) in [7, 11) is 3.28. The van der Waals surface area contributed by atoms with Crippen molar-refractivity contribution in [2.24, 2.45) is 4.99 Å². The van der Waals surface area contributed by atoms with E-state index in [9.17, 15) is 4.79 Å². The quantitative estimate of drug-likeness (QED) is 0.425. The molecule has 0 amide bonds. The van der Waals surface area contributed by atoms with Gasteiger partial charge in [0, 0.05) is 13.1 Å². The molecule has 0 radical (unpaired) electrons. The molecule has 0 saturated heterocycles. The van der Waals surface area contributed by atoms with Gasteiger partial charge in [0.25, 0.3) is 0 Å². The number of nitrogens with zero attached hydrogens (tertiary/aromatic N) is 3. The van der Waals surface area contributed by atoms with E-state index in [1.807, 2.05) is 19.1 Å². The van der Waals surface area contributed by atoms with Gasteiger partial charge in [0.15, 0.2) is 5.96 Å². The lowest BCUT2D eigenvalue weighted by Gasteiger charge is -2.16. The van der Waals surface area contributed by atoms with Crippen molar-refractivity contribution < 1.29 is 14.3 Å². The maximum Gasteiger partial charge on any atom is 0.350 e. The van der Waals surface area contributed by atoms with Gasteiger partial charge in [-0.1, -0.05) is 6.07 Å². The second kappa shape index (κ2) is 9.86. The van der Waals surface area contributed by atoms with E-state index in [1.54, 1.807) is 34.1 Å². The lowest BCUT2D eigenvalue weighted by Crippen LogP contribution is -2.38. The highest BCUT2D eigenvalue weighted by Crippen LogP contribution is 2.24. The van der Waals surface area contributed by atoms with Gasteiger partial charge >= 0.3 is 5.97 Å². The summed E-state index contributed by atoms with van der Waals surface area (Å²) in [6, 6.07) is 5.46. The van der Waals surface area contributed by atoms with Crippen molar-refractivity contribution in [1.82, 2.24) is 20.6 Å². The highest BCUT2D eigenvalue weighted by atomic mass is 32.1. The zero-order valence-corrected chi connectivity index (χ0v) is 17.0. The lowest BCUT2D eigenvalue weighted by atomic mass is 10.3. The number of hydrogen-bond donors (Lipinski definition) is 2. The molecule has 2 aromatic rings. The first-order chi connectivity index (χ1) is 13.0. The molecule has 0 spiro atoms. The van der Waals surface area contributed by atoms with Crippen LogP contribution in [0.15, 0.2) is 23.2 Å². The summed E-state index contributed by atoms with van der Waals surface area (Å²) < 4.78 is 10.2. The van der Waals surface area contributed by atoms with Crippen LogP contribution in [0.1, 0.15) is 46.0 Å². The van der Waals surface area contributed by atoms with Crippen LogP contribution in [0.4, 0.5) is 0 Å². The summed E-state index contributed by atoms with van der Waals surface area (Å²) >= 11 is 1.33. The van der Waals surface area contributed by atoms with Crippen LogP contribution in [0.3, 0.4) is 0 Å². The summed E-state index contributed by atoms with van der Waals surface area (Å²) in [4.78, 5) is 25.6. The fraction of sp³-hybridized carbons (Fsp3) is 0.444.